The van der Waals surface area contributed by atoms with Gasteiger partial charge in [0, 0.05) is 0 Å². The summed E-state index contributed by atoms with van der Waals surface area (Å²) in [5.74, 6) is 3.28. The fourth-order valence-electron chi connectivity index (χ4n) is 5.36. The number of hydrogen-bond donors (Lipinski definition) is 1. The zero-order chi connectivity index (χ0) is 28.8. The van der Waals surface area contributed by atoms with Crippen LogP contribution in [0.4, 0.5) is 5.82 Å². The number of aromatic nitrogens is 3. The highest BCUT2D eigenvalue weighted by atomic mass is 16.6. The molecule has 1 aliphatic heterocycles. The van der Waals surface area contributed by atoms with Gasteiger partial charge in [-0.3, -0.25) is 0 Å². The molecule has 212 valence electrons. The summed E-state index contributed by atoms with van der Waals surface area (Å²) in [7, 11) is 0. The van der Waals surface area contributed by atoms with Crippen molar-refractivity contribution in [1.29, 1.82) is 0 Å². The van der Waals surface area contributed by atoms with E-state index in [1.165, 1.54) is 6.33 Å². The highest BCUT2D eigenvalue weighted by Crippen LogP contribution is 2.44. The number of anilines is 1. The molecule has 3 heterocycles. The number of rotatable bonds is 11. The monoisotopic (exact) mass is 560 g/mol. The Balaban J connectivity index is 1.37. The first-order valence-electron chi connectivity index (χ1n) is 13.8. The van der Waals surface area contributed by atoms with E-state index in [4.69, 9.17) is 31.1 Å². The van der Waals surface area contributed by atoms with Crippen molar-refractivity contribution in [2.45, 2.75) is 43.7 Å². The summed E-state index contributed by atoms with van der Waals surface area (Å²) in [5.41, 5.74) is 9.12. The molecule has 42 heavy (non-hydrogen) atoms. The third-order valence-electron chi connectivity index (χ3n) is 7.43. The number of nitrogen functional groups attached to an aromatic ring is 1. The quantitative estimate of drug-likeness (QED) is 0.229. The molecule has 3 aromatic carbocycles. The van der Waals surface area contributed by atoms with Gasteiger partial charge in [-0.05, 0) is 28.8 Å². The van der Waals surface area contributed by atoms with Gasteiger partial charge in [-0.2, -0.15) is 5.10 Å². The lowest BCUT2D eigenvalue weighted by atomic mass is 9.91. The van der Waals surface area contributed by atoms with Crippen LogP contribution in [-0.4, -0.2) is 39.5 Å². The Morgan fingerprint density at radius 3 is 2.02 bits per heavy atom. The predicted molar refractivity (Wildman–Crippen MR) is 159 cm³/mol. The molecule has 8 heteroatoms. The second-order valence-electron chi connectivity index (χ2n) is 10.2. The number of ether oxygens (including phenoxy) is 4. The summed E-state index contributed by atoms with van der Waals surface area (Å²) in [6, 6.07) is 33.6. The van der Waals surface area contributed by atoms with E-state index in [0.29, 0.717) is 36.8 Å². The minimum Gasteiger partial charge on any atom is -0.382 e. The smallest absolute Gasteiger partial charge is 0.199 e. The van der Waals surface area contributed by atoms with Gasteiger partial charge in [-0.1, -0.05) is 96.9 Å². The van der Waals surface area contributed by atoms with Gasteiger partial charge in [0.25, 0.3) is 0 Å². The minimum atomic E-state index is -1.36. The third-order valence-corrected chi connectivity index (χ3v) is 7.43. The molecule has 1 fully saturated rings. The molecule has 2 N–H and O–H groups in total. The van der Waals surface area contributed by atoms with E-state index in [0.717, 1.165) is 16.7 Å². The first-order valence-corrected chi connectivity index (χ1v) is 13.8. The normalized spacial score (nSPS) is 21.8. The van der Waals surface area contributed by atoms with Crippen molar-refractivity contribution in [3.05, 3.63) is 132 Å². The zero-order valence-corrected chi connectivity index (χ0v) is 23.1. The predicted octanol–water partition coefficient (Wildman–Crippen LogP) is 4.93. The molecule has 0 aliphatic carbocycles. The molecule has 0 radical (unpaired) electrons. The maximum absolute atomic E-state index is 6.80. The van der Waals surface area contributed by atoms with Crippen LogP contribution in [0.15, 0.2) is 109 Å². The lowest BCUT2D eigenvalue weighted by molar-refractivity contribution is -0.0963. The first-order chi connectivity index (χ1) is 20.7. The van der Waals surface area contributed by atoms with Crippen molar-refractivity contribution in [2.24, 2.45) is 0 Å². The Morgan fingerprint density at radius 2 is 1.40 bits per heavy atom. The van der Waals surface area contributed by atoms with Crippen molar-refractivity contribution in [2.75, 3.05) is 12.3 Å². The summed E-state index contributed by atoms with van der Waals surface area (Å²) < 4.78 is 27.9. The third kappa shape index (κ3) is 5.64. The molecule has 1 saturated heterocycles. The van der Waals surface area contributed by atoms with Crippen molar-refractivity contribution in [3.63, 3.8) is 0 Å². The summed E-state index contributed by atoms with van der Waals surface area (Å²) in [6.45, 7) is 1.31. The molecular weight excluding hydrogens is 528 g/mol. The maximum atomic E-state index is 6.80. The van der Waals surface area contributed by atoms with Crippen LogP contribution in [0, 0.1) is 12.3 Å². The average Bonchev–Trinajstić information content (AvgIpc) is 3.61. The van der Waals surface area contributed by atoms with Crippen LogP contribution in [0.25, 0.3) is 5.52 Å². The van der Waals surface area contributed by atoms with Crippen molar-refractivity contribution >= 4 is 11.3 Å². The van der Waals surface area contributed by atoms with E-state index in [-0.39, 0.29) is 6.61 Å². The minimum absolute atomic E-state index is 0.239. The van der Waals surface area contributed by atoms with Crippen molar-refractivity contribution in [3.8, 4) is 12.3 Å². The SMILES string of the molecule is C#C[C@@]1(c2ccc3c(N)ncnn23)O[C@H](COCc2ccccc2)[C@@H](OCc2ccccc2)[C@H]1OCc1ccccc1. The highest BCUT2D eigenvalue weighted by Gasteiger charge is 2.58. The number of terminal acetylenes is 1. The van der Waals surface area contributed by atoms with E-state index in [9.17, 15) is 0 Å². The summed E-state index contributed by atoms with van der Waals surface area (Å²) in [4.78, 5) is 4.13. The highest BCUT2D eigenvalue weighted by molar-refractivity contribution is 5.66. The Kier molecular flexibility index (Phi) is 8.26. The molecule has 4 atom stereocenters. The van der Waals surface area contributed by atoms with Crippen LogP contribution >= 0.6 is 0 Å². The molecule has 0 unspecified atom stereocenters. The van der Waals surface area contributed by atoms with Crippen LogP contribution in [0.1, 0.15) is 22.4 Å². The van der Waals surface area contributed by atoms with Gasteiger partial charge >= 0.3 is 0 Å². The van der Waals surface area contributed by atoms with Gasteiger partial charge in [-0.15, -0.1) is 6.42 Å². The molecule has 6 rings (SSSR count). The van der Waals surface area contributed by atoms with Gasteiger partial charge < -0.3 is 24.7 Å². The fourth-order valence-corrected chi connectivity index (χ4v) is 5.36. The summed E-state index contributed by atoms with van der Waals surface area (Å²) >= 11 is 0. The van der Waals surface area contributed by atoms with Crippen LogP contribution in [0.2, 0.25) is 0 Å². The lowest BCUT2D eigenvalue weighted by Gasteiger charge is -2.31. The average molecular weight is 561 g/mol. The zero-order valence-electron chi connectivity index (χ0n) is 23.1. The topological polar surface area (TPSA) is 93.1 Å². The Hall–Kier alpha value is -4.52. The van der Waals surface area contributed by atoms with E-state index in [1.807, 2.05) is 103 Å². The summed E-state index contributed by atoms with van der Waals surface area (Å²) in [6.07, 6.45) is 5.95. The molecule has 0 bridgehead atoms. The largest absolute Gasteiger partial charge is 0.382 e. The van der Waals surface area contributed by atoms with E-state index in [2.05, 4.69) is 16.0 Å². The van der Waals surface area contributed by atoms with Crippen molar-refractivity contribution < 1.29 is 18.9 Å². The van der Waals surface area contributed by atoms with E-state index < -0.39 is 23.9 Å². The molecule has 0 spiro atoms. The molecular formula is C34H32N4O4. The molecule has 1 aliphatic rings. The van der Waals surface area contributed by atoms with Crippen molar-refractivity contribution in [1.82, 2.24) is 14.6 Å². The molecule has 5 aromatic rings. The van der Waals surface area contributed by atoms with Crippen LogP contribution in [0.5, 0.6) is 0 Å². The molecule has 2 aromatic heterocycles. The molecule has 0 amide bonds. The Morgan fingerprint density at radius 1 is 0.810 bits per heavy atom. The number of nitrogens with two attached hydrogens (primary N) is 1. The molecule has 8 nitrogen and oxygen atoms in total. The van der Waals surface area contributed by atoms with Crippen LogP contribution in [0.3, 0.4) is 0 Å². The molecule has 0 saturated carbocycles. The first kappa shape index (κ1) is 27.6. The lowest BCUT2D eigenvalue weighted by Crippen LogP contribution is -2.44. The Labute approximate surface area is 245 Å². The second-order valence-corrected chi connectivity index (χ2v) is 10.2. The van der Waals surface area contributed by atoms with Crippen LogP contribution < -0.4 is 5.73 Å². The van der Waals surface area contributed by atoms with Gasteiger partial charge in [-0.25, -0.2) is 9.50 Å². The van der Waals surface area contributed by atoms with Gasteiger partial charge in [0.15, 0.2) is 11.4 Å². The fraction of sp³-hybridized carbons (Fsp3) is 0.235. The number of fused-ring (bicyclic) bond motifs is 1. The van der Waals surface area contributed by atoms with Gasteiger partial charge in [0.05, 0.1) is 32.1 Å². The van der Waals surface area contributed by atoms with Gasteiger partial charge in [0.2, 0.25) is 0 Å². The number of nitrogens with zero attached hydrogens (tertiary/aromatic N) is 3. The maximum Gasteiger partial charge on any atom is 0.199 e. The van der Waals surface area contributed by atoms with Crippen LogP contribution in [-0.2, 0) is 44.4 Å². The van der Waals surface area contributed by atoms with E-state index in [1.54, 1.807) is 4.52 Å². The summed E-state index contributed by atoms with van der Waals surface area (Å²) in [5, 5.41) is 4.46. The standard InChI is InChI=1S/C34H32N4O4/c1-2-34(30-19-18-28-33(35)36-24-37-38(28)30)32(41-22-27-16-10-5-11-17-27)31(40-21-26-14-8-4-9-15-26)29(42-34)23-39-20-25-12-6-3-7-13-25/h1,3-19,24,29,31-32H,20-23H2,(H2,35,36,37)/t29-,31-,32-,34+/m1/s1. The van der Waals surface area contributed by atoms with E-state index >= 15 is 0 Å². The Bertz CT molecular complexity index is 1640. The number of benzene rings is 3. The second kappa shape index (κ2) is 12.6. The number of hydrogen-bond acceptors (Lipinski definition) is 7. The van der Waals surface area contributed by atoms with Gasteiger partial charge in [0.1, 0.15) is 30.2 Å².